The van der Waals surface area contributed by atoms with Crippen molar-refractivity contribution in [2.45, 2.75) is 70.6 Å². The van der Waals surface area contributed by atoms with Crippen LogP contribution in [0.1, 0.15) is 39.7 Å². The number of fused-ring (bicyclic) bond motifs is 2. The summed E-state index contributed by atoms with van der Waals surface area (Å²) >= 11 is 0. The molecule has 13 nitrogen and oxygen atoms in total. The standard InChI is InChI=1S/C30H37F2N6O7P/c1-17(2)43-26(39)18(3)36-46(41,45-22-14-10-12-20-11-8-9-13-21(20)22)42-15-30(32)27(40)29(5,31)28(44-30)38-16-33-23-24(37(6)7)34-19(4)35-25(23)38/h8-14,16-18,27-28,40H,15H2,1-7H3,(H,36,41)/t18-,27-,28+,29+,30+,46?/m0/s1. The topological polar surface area (TPSA) is 150 Å². The number of imidazole rings is 1. The maximum Gasteiger partial charge on any atom is 0.459 e. The third-order valence-electron chi connectivity index (χ3n) is 7.38. The van der Waals surface area contributed by atoms with E-state index in [4.69, 9.17) is 18.5 Å². The van der Waals surface area contributed by atoms with E-state index in [1.807, 2.05) is 0 Å². The molecule has 248 valence electrons. The molecule has 5 rings (SSSR count). The van der Waals surface area contributed by atoms with E-state index in [1.54, 1.807) is 76.2 Å². The van der Waals surface area contributed by atoms with E-state index in [0.29, 0.717) is 22.5 Å². The molecule has 2 aromatic carbocycles. The molecule has 6 atom stereocenters. The van der Waals surface area contributed by atoms with Crippen LogP contribution in [0.5, 0.6) is 5.75 Å². The molecule has 0 radical (unpaired) electrons. The summed E-state index contributed by atoms with van der Waals surface area (Å²) in [7, 11) is -1.16. The van der Waals surface area contributed by atoms with Crippen LogP contribution in [0.4, 0.5) is 14.6 Å². The predicted molar refractivity (Wildman–Crippen MR) is 166 cm³/mol. The van der Waals surface area contributed by atoms with E-state index in [2.05, 4.69) is 20.0 Å². The first-order valence-corrected chi connectivity index (χ1v) is 16.1. The first-order valence-electron chi connectivity index (χ1n) is 14.6. The quantitative estimate of drug-likeness (QED) is 0.168. The first kappa shape index (κ1) is 33.6. The number of halogens is 2. The van der Waals surface area contributed by atoms with Crippen LogP contribution < -0.4 is 14.5 Å². The summed E-state index contributed by atoms with van der Waals surface area (Å²) in [6.45, 7) is 5.99. The zero-order valence-corrected chi connectivity index (χ0v) is 27.4. The lowest BCUT2D eigenvalue weighted by atomic mass is 9.97. The molecule has 16 heteroatoms. The highest BCUT2D eigenvalue weighted by atomic mass is 31.2. The van der Waals surface area contributed by atoms with Gasteiger partial charge in [0, 0.05) is 19.5 Å². The Labute approximate surface area is 264 Å². The van der Waals surface area contributed by atoms with Crippen LogP contribution in [0.3, 0.4) is 0 Å². The molecule has 0 bridgehead atoms. The molecule has 4 aromatic rings. The van der Waals surface area contributed by atoms with Crippen molar-refractivity contribution in [3.8, 4) is 5.75 Å². The van der Waals surface area contributed by atoms with Crippen molar-refractivity contribution in [1.82, 2.24) is 24.6 Å². The summed E-state index contributed by atoms with van der Waals surface area (Å²) in [5.41, 5.74) is -2.30. The van der Waals surface area contributed by atoms with E-state index in [-0.39, 0.29) is 11.4 Å². The lowest BCUT2D eigenvalue weighted by Crippen LogP contribution is -2.47. The second-order valence-corrected chi connectivity index (χ2v) is 13.5. The third-order valence-corrected chi connectivity index (χ3v) is 8.99. The number of aromatic nitrogens is 4. The first-order chi connectivity index (χ1) is 21.5. The van der Waals surface area contributed by atoms with Gasteiger partial charge in [0.1, 0.15) is 24.2 Å². The second kappa shape index (κ2) is 12.5. The number of hydrogen-bond donors (Lipinski definition) is 2. The number of esters is 1. The van der Waals surface area contributed by atoms with Gasteiger partial charge < -0.3 is 24.0 Å². The van der Waals surface area contributed by atoms with Crippen molar-refractivity contribution in [2.75, 3.05) is 25.6 Å². The van der Waals surface area contributed by atoms with Crippen molar-refractivity contribution in [2.24, 2.45) is 0 Å². The molecular weight excluding hydrogens is 625 g/mol. The number of nitrogens with one attached hydrogen (secondary N) is 1. The van der Waals surface area contributed by atoms with Crippen molar-refractivity contribution < 1.29 is 41.8 Å². The van der Waals surface area contributed by atoms with Crippen LogP contribution in [-0.2, 0) is 23.4 Å². The number of alkyl halides is 2. The molecule has 0 saturated carbocycles. The Balaban J connectivity index is 1.46. The van der Waals surface area contributed by atoms with Crippen LogP contribution >= 0.6 is 7.75 Å². The highest BCUT2D eigenvalue weighted by Crippen LogP contribution is 2.52. The lowest BCUT2D eigenvalue weighted by molar-refractivity contribution is -0.202. The van der Waals surface area contributed by atoms with Crippen LogP contribution in [0, 0.1) is 6.92 Å². The fraction of sp³-hybridized carbons (Fsp3) is 0.467. The molecule has 2 aromatic heterocycles. The molecule has 1 saturated heterocycles. The summed E-state index contributed by atoms with van der Waals surface area (Å²) in [6.07, 6.45) is -3.45. The minimum atomic E-state index is -4.66. The Bertz CT molecular complexity index is 1800. The Morgan fingerprint density at radius 2 is 1.87 bits per heavy atom. The average Bonchev–Trinajstić information content (AvgIpc) is 3.47. The van der Waals surface area contributed by atoms with Crippen molar-refractivity contribution in [1.29, 1.82) is 0 Å². The largest absolute Gasteiger partial charge is 0.462 e. The van der Waals surface area contributed by atoms with Gasteiger partial charge in [0.05, 0.1) is 12.4 Å². The molecule has 0 aliphatic carbocycles. The molecule has 1 aliphatic heterocycles. The van der Waals surface area contributed by atoms with Crippen molar-refractivity contribution in [3.05, 3.63) is 54.6 Å². The number of aryl methyl sites for hydroxylation is 1. The molecule has 0 amide bonds. The number of benzene rings is 2. The highest BCUT2D eigenvalue weighted by molar-refractivity contribution is 7.52. The number of hydrogen-bond acceptors (Lipinski definition) is 11. The zero-order chi connectivity index (χ0) is 33.6. The predicted octanol–water partition coefficient (Wildman–Crippen LogP) is 4.77. The van der Waals surface area contributed by atoms with Gasteiger partial charge in [-0.2, -0.15) is 5.09 Å². The lowest BCUT2D eigenvalue weighted by Gasteiger charge is -2.28. The Morgan fingerprint density at radius 1 is 1.17 bits per heavy atom. The Hall–Kier alpha value is -3.75. The summed E-state index contributed by atoms with van der Waals surface area (Å²) in [6, 6.07) is 10.8. The number of aliphatic hydroxyl groups excluding tert-OH is 1. The summed E-state index contributed by atoms with van der Waals surface area (Å²) in [4.78, 5) is 27.3. The number of carbonyl (C=O) groups excluding carboxylic acids is 1. The van der Waals surface area contributed by atoms with Gasteiger partial charge in [0.2, 0.25) is 0 Å². The van der Waals surface area contributed by atoms with Gasteiger partial charge in [-0.15, -0.1) is 0 Å². The van der Waals surface area contributed by atoms with E-state index in [0.717, 1.165) is 16.9 Å². The monoisotopic (exact) mass is 662 g/mol. The molecule has 1 unspecified atom stereocenters. The number of aliphatic hydroxyl groups is 1. The highest BCUT2D eigenvalue weighted by Gasteiger charge is 2.65. The van der Waals surface area contributed by atoms with Crippen molar-refractivity contribution in [3.63, 3.8) is 0 Å². The molecule has 2 N–H and O–H groups in total. The van der Waals surface area contributed by atoms with Crippen molar-refractivity contribution >= 4 is 41.5 Å². The van der Waals surface area contributed by atoms with Gasteiger partial charge in [-0.3, -0.25) is 13.9 Å². The number of nitrogens with zero attached hydrogens (tertiary/aromatic N) is 5. The van der Waals surface area contributed by atoms with E-state index < -0.39 is 56.3 Å². The van der Waals surface area contributed by atoms with E-state index in [9.17, 15) is 14.5 Å². The smallest absolute Gasteiger partial charge is 0.459 e. The summed E-state index contributed by atoms with van der Waals surface area (Å²) in [5, 5.41) is 14.7. The van der Waals surface area contributed by atoms with Crippen LogP contribution in [0.25, 0.3) is 21.9 Å². The van der Waals surface area contributed by atoms with Gasteiger partial charge in [-0.1, -0.05) is 36.4 Å². The molecule has 46 heavy (non-hydrogen) atoms. The summed E-state index contributed by atoms with van der Waals surface area (Å²) in [5.74, 6) is -3.13. The zero-order valence-electron chi connectivity index (χ0n) is 26.5. The third kappa shape index (κ3) is 6.42. The molecule has 1 fully saturated rings. The number of carbonyl (C=O) groups is 1. The van der Waals surface area contributed by atoms with Gasteiger partial charge >= 0.3 is 13.7 Å². The Kier molecular flexibility index (Phi) is 9.10. The van der Waals surface area contributed by atoms with Crippen LogP contribution in [0.15, 0.2) is 48.8 Å². The molecule has 0 spiro atoms. The van der Waals surface area contributed by atoms with E-state index >= 15 is 8.78 Å². The fourth-order valence-electron chi connectivity index (χ4n) is 5.15. The van der Waals surface area contributed by atoms with Gasteiger partial charge in [0.25, 0.3) is 5.85 Å². The van der Waals surface area contributed by atoms with Crippen LogP contribution in [-0.4, -0.2) is 81.1 Å². The number of rotatable bonds is 11. The number of anilines is 1. The second-order valence-electron chi connectivity index (χ2n) is 11.8. The minimum Gasteiger partial charge on any atom is -0.462 e. The van der Waals surface area contributed by atoms with E-state index in [1.165, 1.54) is 19.3 Å². The maximum absolute atomic E-state index is 16.5. The fourth-order valence-corrected chi connectivity index (χ4v) is 6.67. The van der Waals surface area contributed by atoms with Crippen LogP contribution in [0.2, 0.25) is 0 Å². The molecule has 3 heterocycles. The average molecular weight is 663 g/mol. The summed E-state index contributed by atoms with van der Waals surface area (Å²) < 4.78 is 70.2. The Morgan fingerprint density at radius 3 is 2.57 bits per heavy atom. The maximum atomic E-state index is 16.5. The SMILES string of the molecule is Cc1nc(N(C)C)c2ncn([C@@H]3O[C@](F)(COP(=O)(N[C@@H](C)C(=O)OC(C)C)Oc4cccc5ccccc45)[C@@H](O)[C@@]3(C)F)c2n1. The number of ether oxygens (including phenoxy) is 2. The van der Waals surface area contributed by atoms with Gasteiger partial charge in [-0.05, 0) is 46.1 Å². The minimum absolute atomic E-state index is 0.101. The molecular formula is C30H37F2N6O7P. The normalized spacial score (nSPS) is 25.1. The van der Waals surface area contributed by atoms with Gasteiger partial charge in [-0.25, -0.2) is 28.3 Å². The van der Waals surface area contributed by atoms with Gasteiger partial charge in [0.15, 0.2) is 35.0 Å². The molecule has 1 aliphatic rings.